The van der Waals surface area contributed by atoms with E-state index in [1.807, 2.05) is 67.6 Å². The summed E-state index contributed by atoms with van der Waals surface area (Å²) in [7, 11) is 0. The van der Waals surface area contributed by atoms with Crippen molar-refractivity contribution >= 4 is 5.69 Å². The van der Waals surface area contributed by atoms with Gasteiger partial charge in [0.05, 0.1) is 16.3 Å². The van der Waals surface area contributed by atoms with E-state index < -0.39 is 0 Å². The molecule has 136 valence electrons. The first-order valence-electron chi connectivity index (χ1n) is 8.99. The highest BCUT2D eigenvalue weighted by Crippen LogP contribution is 2.31. The molecule has 1 heterocycles. The normalized spacial score (nSPS) is 10.6. The number of hydrogen-bond acceptors (Lipinski definition) is 3. The first kappa shape index (κ1) is 17.6. The van der Waals surface area contributed by atoms with Crippen molar-refractivity contribution in [2.45, 2.75) is 6.92 Å². The largest absolute Gasteiger partial charge is 0.270 e. The van der Waals surface area contributed by atoms with Gasteiger partial charge in [-0.2, -0.15) is 0 Å². The van der Waals surface area contributed by atoms with E-state index in [4.69, 9.17) is 4.98 Å². The van der Waals surface area contributed by atoms with Crippen LogP contribution in [0.1, 0.15) is 5.56 Å². The molecule has 0 saturated heterocycles. The minimum Gasteiger partial charge on any atom is -0.258 e. The van der Waals surface area contributed by atoms with Gasteiger partial charge in [-0.25, -0.2) is 4.98 Å². The zero-order valence-corrected chi connectivity index (χ0v) is 15.4. The van der Waals surface area contributed by atoms with Gasteiger partial charge in [0.2, 0.25) is 0 Å². The molecule has 4 nitrogen and oxygen atoms in total. The smallest absolute Gasteiger partial charge is 0.258 e. The number of benzene rings is 3. The minimum absolute atomic E-state index is 0.0764. The monoisotopic (exact) mass is 366 g/mol. The molecule has 0 aliphatic heterocycles. The molecule has 0 spiro atoms. The predicted molar refractivity (Wildman–Crippen MR) is 112 cm³/mol. The molecule has 4 rings (SSSR count). The van der Waals surface area contributed by atoms with E-state index in [0.29, 0.717) is 0 Å². The van der Waals surface area contributed by atoms with Crippen LogP contribution in [0.25, 0.3) is 33.6 Å². The third-order valence-electron chi connectivity index (χ3n) is 4.63. The summed E-state index contributed by atoms with van der Waals surface area (Å²) in [6, 6.07) is 28.8. The maximum absolute atomic E-state index is 11.2. The lowest BCUT2D eigenvalue weighted by Crippen LogP contribution is -1.92. The Balaban J connectivity index is 1.90. The molecule has 28 heavy (non-hydrogen) atoms. The fraction of sp³-hybridized carbons (Fsp3) is 0.0417. The lowest BCUT2D eigenvalue weighted by molar-refractivity contribution is -0.384. The summed E-state index contributed by atoms with van der Waals surface area (Å²) in [5, 5.41) is 11.2. The van der Waals surface area contributed by atoms with Gasteiger partial charge in [-0.15, -0.1) is 0 Å². The maximum atomic E-state index is 11.2. The molecule has 0 radical (unpaired) electrons. The average Bonchev–Trinajstić information content (AvgIpc) is 2.74. The first-order chi connectivity index (χ1) is 13.6. The van der Waals surface area contributed by atoms with Crippen molar-refractivity contribution in [3.05, 3.63) is 107 Å². The Kier molecular flexibility index (Phi) is 4.68. The maximum Gasteiger partial charge on any atom is 0.270 e. The number of hydrogen-bond donors (Lipinski definition) is 0. The summed E-state index contributed by atoms with van der Waals surface area (Å²) >= 11 is 0. The van der Waals surface area contributed by atoms with E-state index >= 15 is 0 Å². The fourth-order valence-electron chi connectivity index (χ4n) is 3.13. The van der Waals surface area contributed by atoms with E-state index in [2.05, 4.69) is 12.1 Å². The first-order valence-corrected chi connectivity index (χ1v) is 8.99. The van der Waals surface area contributed by atoms with Crippen LogP contribution in [0.5, 0.6) is 0 Å². The van der Waals surface area contributed by atoms with Crippen molar-refractivity contribution in [3.63, 3.8) is 0 Å². The molecule has 0 amide bonds. The molecule has 3 aromatic carbocycles. The van der Waals surface area contributed by atoms with Crippen LogP contribution in [0, 0.1) is 17.0 Å². The molecule has 0 saturated carbocycles. The predicted octanol–water partition coefficient (Wildman–Crippen LogP) is 6.30. The van der Waals surface area contributed by atoms with Crippen molar-refractivity contribution in [2.75, 3.05) is 0 Å². The Hall–Kier alpha value is -3.79. The van der Waals surface area contributed by atoms with Gasteiger partial charge in [0.1, 0.15) is 0 Å². The van der Waals surface area contributed by atoms with Crippen LogP contribution in [0.15, 0.2) is 91.0 Å². The molecule has 0 aliphatic rings. The van der Waals surface area contributed by atoms with Crippen molar-refractivity contribution < 1.29 is 4.92 Å². The van der Waals surface area contributed by atoms with E-state index in [9.17, 15) is 10.1 Å². The Morgan fingerprint density at radius 2 is 1.29 bits per heavy atom. The second-order valence-corrected chi connectivity index (χ2v) is 6.67. The average molecular weight is 366 g/mol. The number of nitro groups is 1. The number of nitro benzene ring substituents is 1. The zero-order chi connectivity index (χ0) is 19.5. The molecule has 0 aliphatic carbocycles. The van der Waals surface area contributed by atoms with Crippen LogP contribution >= 0.6 is 0 Å². The van der Waals surface area contributed by atoms with E-state index in [0.717, 1.165) is 33.6 Å². The molecule has 4 heteroatoms. The number of nitrogens with zero attached hydrogens (tertiary/aromatic N) is 2. The highest BCUT2D eigenvalue weighted by Gasteiger charge is 2.11. The van der Waals surface area contributed by atoms with E-state index in [1.54, 1.807) is 12.1 Å². The van der Waals surface area contributed by atoms with Gasteiger partial charge in [-0.3, -0.25) is 10.1 Å². The Bertz CT molecular complexity index is 1140. The summed E-state index contributed by atoms with van der Waals surface area (Å²) in [5.74, 6) is 0. The number of aromatic nitrogens is 1. The highest BCUT2D eigenvalue weighted by atomic mass is 16.6. The summed E-state index contributed by atoms with van der Waals surface area (Å²) in [5.41, 5.74) is 6.63. The van der Waals surface area contributed by atoms with Gasteiger partial charge < -0.3 is 0 Å². The number of pyridine rings is 1. The van der Waals surface area contributed by atoms with Crippen LogP contribution in [-0.4, -0.2) is 9.91 Å². The van der Waals surface area contributed by atoms with Crippen LogP contribution in [-0.2, 0) is 0 Å². The molecule has 4 aromatic rings. The Morgan fingerprint density at radius 1 is 0.679 bits per heavy atom. The fourth-order valence-corrected chi connectivity index (χ4v) is 3.13. The summed E-state index contributed by atoms with van der Waals surface area (Å²) in [6.45, 7) is 2.05. The van der Waals surface area contributed by atoms with Gasteiger partial charge in [-0.05, 0) is 30.2 Å². The Morgan fingerprint density at radius 3 is 1.93 bits per heavy atom. The second kappa shape index (κ2) is 7.45. The molecule has 0 N–H and O–H groups in total. The standard InChI is InChI=1S/C24H18N2O2/c1-17-10-12-19(13-11-17)24-16-21(20-8-5-9-22(14-20)26(27)28)15-23(25-24)18-6-3-2-4-7-18/h2-16H,1H3. The Labute approximate surface area is 163 Å². The molecular formula is C24H18N2O2. The molecule has 0 unspecified atom stereocenters. The van der Waals surface area contributed by atoms with Gasteiger partial charge in [-0.1, -0.05) is 72.3 Å². The van der Waals surface area contributed by atoms with Crippen LogP contribution < -0.4 is 0 Å². The third kappa shape index (κ3) is 3.67. The van der Waals surface area contributed by atoms with E-state index in [-0.39, 0.29) is 10.6 Å². The van der Waals surface area contributed by atoms with Crippen molar-refractivity contribution in [3.8, 4) is 33.6 Å². The topological polar surface area (TPSA) is 56.0 Å². The van der Waals surface area contributed by atoms with Gasteiger partial charge in [0.25, 0.3) is 5.69 Å². The van der Waals surface area contributed by atoms with Gasteiger partial charge in [0.15, 0.2) is 0 Å². The number of non-ortho nitro benzene ring substituents is 1. The minimum atomic E-state index is -0.371. The van der Waals surface area contributed by atoms with Crippen LogP contribution in [0.4, 0.5) is 5.69 Å². The quantitative estimate of drug-likeness (QED) is 0.314. The van der Waals surface area contributed by atoms with Gasteiger partial charge >= 0.3 is 0 Å². The third-order valence-corrected chi connectivity index (χ3v) is 4.63. The van der Waals surface area contributed by atoms with Gasteiger partial charge in [0, 0.05) is 23.3 Å². The number of rotatable bonds is 4. The summed E-state index contributed by atoms with van der Waals surface area (Å²) in [4.78, 5) is 15.7. The number of aryl methyl sites for hydroxylation is 1. The lowest BCUT2D eigenvalue weighted by atomic mass is 9.99. The van der Waals surface area contributed by atoms with Crippen molar-refractivity contribution in [1.29, 1.82) is 0 Å². The molecule has 1 aromatic heterocycles. The summed E-state index contributed by atoms with van der Waals surface area (Å²) < 4.78 is 0. The van der Waals surface area contributed by atoms with Crippen molar-refractivity contribution in [1.82, 2.24) is 4.98 Å². The molecule has 0 atom stereocenters. The highest BCUT2D eigenvalue weighted by molar-refractivity contribution is 5.77. The lowest BCUT2D eigenvalue weighted by Gasteiger charge is -2.10. The van der Waals surface area contributed by atoms with Crippen molar-refractivity contribution in [2.24, 2.45) is 0 Å². The SMILES string of the molecule is Cc1ccc(-c2cc(-c3cccc([N+](=O)[O-])c3)cc(-c3ccccc3)n2)cc1. The van der Waals surface area contributed by atoms with Crippen LogP contribution in [0.3, 0.4) is 0 Å². The molecular weight excluding hydrogens is 348 g/mol. The molecule has 0 bridgehead atoms. The second-order valence-electron chi connectivity index (χ2n) is 6.67. The summed E-state index contributed by atoms with van der Waals surface area (Å²) in [6.07, 6.45) is 0. The zero-order valence-electron chi connectivity index (χ0n) is 15.4. The van der Waals surface area contributed by atoms with Crippen LogP contribution in [0.2, 0.25) is 0 Å². The molecule has 0 fully saturated rings. The van der Waals surface area contributed by atoms with E-state index in [1.165, 1.54) is 11.6 Å².